The zero-order chi connectivity index (χ0) is 20.8. The van der Waals surface area contributed by atoms with Crippen molar-refractivity contribution in [2.45, 2.75) is 111 Å². The summed E-state index contributed by atoms with van der Waals surface area (Å²) < 4.78 is 5.95. The van der Waals surface area contributed by atoms with E-state index in [4.69, 9.17) is 4.74 Å². The van der Waals surface area contributed by atoms with Crippen LogP contribution in [0.5, 0.6) is 0 Å². The zero-order valence-electron chi connectivity index (χ0n) is 19.3. The predicted molar refractivity (Wildman–Crippen MR) is 121 cm³/mol. The smallest absolute Gasteiger partial charge is 0.338 e. The number of esters is 1. The van der Waals surface area contributed by atoms with Crippen LogP contribution in [0.1, 0.15) is 111 Å². The molecule has 2 saturated carbocycles. The van der Waals surface area contributed by atoms with Crippen LogP contribution in [0.15, 0.2) is 12.1 Å². The van der Waals surface area contributed by atoms with Gasteiger partial charge in [0.2, 0.25) is 0 Å². The van der Waals surface area contributed by atoms with Gasteiger partial charge in [0.25, 0.3) is 0 Å². The Hall–Kier alpha value is -1.31. The van der Waals surface area contributed by atoms with Gasteiger partial charge in [-0.3, -0.25) is 0 Å². The zero-order valence-corrected chi connectivity index (χ0v) is 19.3. The van der Waals surface area contributed by atoms with Crippen LogP contribution in [0.2, 0.25) is 0 Å². The fourth-order valence-corrected chi connectivity index (χ4v) is 6.02. The number of carbonyl (C=O) groups is 1. The second-order valence-electron chi connectivity index (χ2n) is 9.99. The molecule has 2 heteroatoms. The van der Waals surface area contributed by atoms with Gasteiger partial charge in [0.15, 0.2) is 0 Å². The topological polar surface area (TPSA) is 26.3 Å². The van der Waals surface area contributed by atoms with Crippen molar-refractivity contribution < 1.29 is 9.53 Å². The molecule has 0 heterocycles. The first kappa shape index (κ1) is 22.4. The number of hydrogen-bond donors (Lipinski definition) is 0. The first-order valence-electron chi connectivity index (χ1n) is 12.3. The maximum absolute atomic E-state index is 12.8. The molecular weight excluding hydrogens is 356 g/mol. The van der Waals surface area contributed by atoms with Gasteiger partial charge >= 0.3 is 5.97 Å². The molecule has 0 aromatic heterocycles. The van der Waals surface area contributed by atoms with Crippen LogP contribution >= 0.6 is 0 Å². The minimum Gasteiger partial charge on any atom is -0.459 e. The Morgan fingerprint density at radius 1 is 0.862 bits per heavy atom. The quantitative estimate of drug-likeness (QED) is 0.347. The highest BCUT2D eigenvalue weighted by Gasteiger charge is 2.32. The van der Waals surface area contributed by atoms with Crippen LogP contribution in [0, 0.1) is 38.5 Å². The van der Waals surface area contributed by atoms with E-state index >= 15 is 0 Å². The Balaban J connectivity index is 1.43. The molecule has 0 spiro atoms. The fraction of sp³-hybridized carbons (Fsp3) is 0.741. The maximum atomic E-state index is 12.8. The van der Waals surface area contributed by atoms with Crippen LogP contribution < -0.4 is 0 Å². The molecule has 29 heavy (non-hydrogen) atoms. The summed E-state index contributed by atoms with van der Waals surface area (Å²) in [4.78, 5) is 12.8. The molecule has 162 valence electrons. The summed E-state index contributed by atoms with van der Waals surface area (Å²) in [5, 5.41) is 0. The standard InChI is InChI=1S/C27H42O2/c1-5-6-7-8-22-9-11-23(12-10-22)24-13-15-25(16-14-24)29-27(28)26-20(3)17-19(2)18-21(26)4/h17-18,22-25H,5-16H2,1-4H3. The summed E-state index contributed by atoms with van der Waals surface area (Å²) >= 11 is 0. The lowest BCUT2D eigenvalue weighted by atomic mass is 9.70. The number of carbonyl (C=O) groups excluding carboxylic acids is 1. The van der Waals surface area contributed by atoms with Crippen LogP contribution in [0.4, 0.5) is 0 Å². The van der Waals surface area contributed by atoms with Crippen molar-refractivity contribution in [3.63, 3.8) is 0 Å². The first-order valence-corrected chi connectivity index (χ1v) is 12.3. The molecule has 2 aliphatic rings. The lowest BCUT2D eigenvalue weighted by molar-refractivity contribution is 0.0108. The molecule has 0 amide bonds. The SMILES string of the molecule is CCCCCC1CCC(C2CCC(OC(=O)c3c(C)cc(C)cc3C)CC2)CC1. The van der Waals surface area contributed by atoms with Crippen LogP contribution in [0.25, 0.3) is 0 Å². The highest BCUT2D eigenvalue weighted by atomic mass is 16.5. The summed E-state index contributed by atoms with van der Waals surface area (Å²) in [6.45, 7) is 8.42. The van der Waals surface area contributed by atoms with E-state index in [2.05, 4.69) is 26.0 Å². The second kappa shape index (κ2) is 10.6. The highest BCUT2D eigenvalue weighted by Crippen LogP contribution is 2.41. The number of aryl methyl sites for hydroxylation is 3. The summed E-state index contributed by atoms with van der Waals surface area (Å²) in [6, 6.07) is 4.16. The van der Waals surface area contributed by atoms with Gasteiger partial charge in [-0.25, -0.2) is 4.79 Å². The number of benzene rings is 1. The van der Waals surface area contributed by atoms with E-state index in [1.165, 1.54) is 69.8 Å². The van der Waals surface area contributed by atoms with Gasteiger partial charge in [0.05, 0.1) is 5.56 Å². The Morgan fingerprint density at radius 2 is 1.41 bits per heavy atom. The Bertz CT molecular complexity index is 638. The van der Waals surface area contributed by atoms with Gasteiger partial charge in [0.1, 0.15) is 6.10 Å². The lowest BCUT2D eigenvalue weighted by Crippen LogP contribution is -2.30. The van der Waals surface area contributed by atoms with E-state index in [0.717, 1.165) is 47.3 Å². The third-order valence-corrected chi connectivity index (χ3v) is 7.65. The molecule has 3 rings (SSSR count). The summed E-state index contributed by atoms with van der Waals surface area (Å²) in [5.41, 5.74) is 4.06. The highest BCUT2D eigenvalue weighted by molar-refractivity contribution is 5.92. The van der Waals surface area contributed by atoms with Crippen molar-refractivity contribution >= 4 is 5.97 Å². The second-order valence-corrected chi connectivity index (χ2v) is 9.99. The maximum Gasteiger partial charge on any atom is 0.338 e. The first-order chi connectivity index (χ1) is 14.0. The van der Waals surface area contributed by atoms with Crippen LogP contribution in [-0.2, 0) is 4.74 Å². The van der Waals surface area contributed by atoms with Crippen molar-refractivity contribution in [2.24, 2.45) is 17.8 Å². The van der Waals surface area contributed by atoms with Gasteiger partial charge < -0.3 is 4.74 Å². The van der Waals surface area contributed by atoms with E-state index < -0.39 is 0 Å². The predicted octanol–water partition coefficient (Wildman–Crippen LogP) is 7.71. The Kier molecular flexibility index (Phi) is 8.21. The number of hydrogen-bond acceptors (Lipinski definition) is 2. The monoisotopic (exact) mass is 398 g/mol. The number of ether oxygens (including phenoxy) is 1. The van der Waals surface area contributed by atoms with Crippen molar-refractivity contribution in [2.75, 3.05) is 0 Å². The van der Waals surface area contributed by atoms with Crippen molar-refractivity contribution in [3.8, 4) is 0 Å². The summed E-state index contributed by atoms with van der Waals surface area (Å²) in [6.07, 6.45) is 16.1. The molecule has 0 radical (unpaired) electrons. The van der Waals surface area contributed by atoms with Crippen molar-refractivity contribution in [3.05, 3.63) is 34.4 Å². The summed E-state index contributed by atoms with van der Waals surface area (Å²) in [5.74, 6) is 2.67. The molecule has 2 aliphatic carbocycles. The van der Waals surface area contributed by atoms with Gasteiger partial charge in [-0.2, -0.15) is 0 Å². The molecule has 0 atom stereocenters. The number of unbranched alkanes of at least 4 members (excludes halogenated alkanes) is 2. The fourth-order valence-electron chi connectivity index (χ4n) is 6.02. The third kappa shape index (κ3) is 6.09. The molecule has 0 N–H and O–H groups in total. The molecule has 2 nitrogen and oxygen atoms in total. The Labute approximate surface area is 178 Å². The van der Waals surface area contributed by atoms with Crippen LogP contribution in [0.3, 0.4) is 0 Å². The van der Waals surface area contributed by atoms with Crippen LogP contribution in [-0.4, -0.2) is 12.1 Å². The third-order valence-electron chi connectivity index (χ3n) is 7.65. The van der Waals surface area contributed by atoms with Gasteiger partial charge in [-0.15, -0.1) is 0 Å². The molecule has 2 fully saturated rings. The van der Waals surface area contributed by atoms with E-state index in [-0.39, 0.29) is 12.1 Å². The van der Waals surface area contributed by atoms with Gasteiger partial charge in [0, 0.05) is 0 Å². The minimum absolute atomic E-state index is 0.115. The van der Waals surface area contributed by atoms with Gasteiger partial charge in [-0.1, -0.05) is 63.1 Å². The van der Waals surface area contributed by atoms with E-state index in [0.29, 0.717) is 0 Å². The van der Waals surface area contributed by atoms with E-state index in [9.17, 15) is 4.79 Å². The summed E-state index contributed by atoms with van der Waals surface area (Å²) in [7, 11) is 0. The molecule has 0 unspecified atom stereocenters. The lowest BCUT2D eigenvalue weighted by Gasteiger charge is -2.37. The number of rotatable bonds is 7. The molecule has 1 aromatic rings. The molecule has 0 saturated heterocycles. The average molecular weight is 399 g/mol. The van der Waals surface area contributed by atoms with E-state index in [1.807, 2.05) is 13.8 Å². The minimum atomic E-state index is -0.115. The Morgan fingerprint density at radius 3 is 1.97 bits per heavy atom. The van der Waals surface area contributed by atoms with Crippen molar-refractivity contribution in [1.29, 1.82) is 0 Å². The largest absolute Gasteiger partial charge is 0.459 e. The normalized spacial score (nSPS) is 27.6. The average Bonchev–Trinajstić information content (AvgIpc) is 2.68. The molecule has 0 aliphatic heterocycles. The van der Waals surface area contributed by atoms with Crippen molar-refractivity contribution in [1.82, 2.24) is 0 Å². The molecule has 0 bridgehead atoms. The van der Waals surface area contributed by atoms with E-state index in [1.54, 1.807) is 0 Å². The van der Waals surface area contributed by atoms with Gasteiger partial charge in [-0.05, 0) is 88.2 Å². The molecular formula is C27H42O2. The molecule has 1 aromatic carbocycles.